The van der Waals surface area contributed by atoms with Gasteiger partial charge in [0.15, 0.2) is 0 Å². The molecule has 1 saturated heterocycles. The van der Waals surface area contributed by atoms with Gasteiger partial charge in [-0.2, -0.15) is 4.31 Å². The first-order valence-corrected chi connectivity index (χ1v) is 9.99. The molecule has 0 aromatic carbocycles. The van der Waals surface area contributed by atoms with E-state index in [1.165, 1.54) is 23.4 Å². The van der Waals surface area contributed by atoms with E-state index in [9.17, 15) is 13.2 Å². The van der Waals surface area contributed by atoms with Crippen LogP contribution in [0.15, 0.2) is 0 Å². The number of hydrogen-bond donors (Lipinski definition) is 0. The molecule has 0 radical (unpaired) electrons. The maximum atomic E-state index is 13.1. The van der Waals surface area contributed by atoms with E-state index in [1.807, 2.05) is 4.90 Å². The maximum absolute atomic E-state index is 13.1. The summed E-state index contributed by atoms with van der Waals surface area (Å²) in [6.45, 7) is 2.39. The minimum Gasteiger partial charge on any atom is -0.380 e. The Labute approximate surface area is 132 Å². The maximum Gasteiger partial charge on any atom is 0.241 e. The molecule has 1 amide bonds. The number of hydrogen-bond acceptors (Lipinski definition) is 4. The average Bonchev–Trinajstić information content (AvgIpc) is 3.35. The topological polar surface area (TPSA) is 66.9 Å². The summed E-state index contributed by atoms with van der Waals surface area (Å²) in [7, 11) is -1.83. The highest BCUT2D eigenvalue weighted by Crippen LogP contribution is 2.41. The minimum absolute atomic E-state index is 0.0214. The Morgan fingerprint density at radius 1 is 1.27 bits per heavy atom. The van der Waals surface area contributed by atoms with Crippen molar-refractivity contribution in [2.24, 2.45) is 5.92 Å². The third-order valence-corrected chi connectivity index (χ3v) is 6.46. The van der Waals surface area contributed by atoms with Gasteiger partial charge in [-0.05, 0) is 38.5 Å². The Morgan fingerprint density at radius 3 is 2.36 bits per heavy atom. The average molecular weight is 330 g/mol. The lowest BCUT2D eigenvalue weighted by atomic mass is 10.1. The SMILES string of the molecule is CO[C@H]1C[C@H](C(=O)N(C2CC2)C(C)C2CC2)N(S(C)(=O)=O)C1. The van der Waals surface area contributed by atoms with Gasteiger partial charge in [-0.25, -0.2) is 8.42 Å². The fourth-order valence-corrected chi connectivity index (χ4v) is 4.65. The van der Waals surface area contributed by atoms with E-state index in [0.29, 0.717) is 18.4 Å². The van der Waals surface area contributed by atoms with Crippen molar-refractivity contribution in [2.45, 2.75) is 63.3 Å². The van der Waals surface area contributed by atoms with Crippen LogP contribution in [0, 0.1) is 5.92 Å². The van der Waals surface area contributed by atoms with Crippen molar-refractivity contribution in [3.63, 3.8) is 0 Å². The Morgan fingerprint density at radius 2 is 1.91 bits per heavy atom. The number of carbonyl (C=O) groups is 1. The third-order valence-electron chi connectivity index (χ3n) is 5.20. The molecule has 2 aliphatic carbocycles. The fourth-order valence-electron chi connectivity index (χ4n) is 3.57. The highest BCUT2D eigenvalue weighted by Gasteiger charge is 2.48. The van der Waals surface area contributed by atoms with Crippen molar-refractivity contribution in [3.05, 3.63) is 0 Å². The molecule has 1 heterocycles. The van der Waals surface area contributed by atoms with Crippen LogP contribution in [0.4, 0.5) is 0 Å². The molecule has 22 heavy (non-hydrogen) atoms. The predicted octanol–water partition coefficient (Wildman–Crippen LogP) is 0.825. The highest BCUT2D eigenvalue weighted by molar-refractivity contribution is 7.88. The van der Waals surface area contributed by atoms with Crippen molar-refractivity contribution in [1.82, 2.24) is 9.21 Å². The standard InChI is InChI=1S/C15H26N2O4S/c1-10(11-4-5-11)17(12-6-7-12)15(18)14-8-13(21-2)9-16(14)22(3,19)20/h10-14H,4-9H2,1-3H3/t10?,13-,14+/m0/s1. The van der Waals surface area contributed by atoms with Gasteiger partial charge in [0, 0.05) is 32.2 Å². The van der Waals surface area contributed by atoms with Crippen LogP contribution in [0.1, 0.15) is 39.0 Å². The molecule has 1 aliphatic heterocycles. The summed E-state index contributed by atoms with van der Waals surface area (Å²) < 4.78 is 30.7. The van der Waals surface area contributed by atoms with Crippen molar-refractivity contribution >= 4 is 15.9 Å². The Hall–Kier alpha value is -0.660. The number of carbonyl (C=O) groups excluding carboxylic acids is 1. The summed E-state index contributed by atoms with van der Waals surface area (Å²) in [5, 5.41) is 0. The van der Waals surface area contributed by atoms with Crippen molar-refractivity contribution in [3.8, 4) is 0 Å². The lowest BCUT2D eigenvalue weighted by molar-refractivity contribution is -0.138. The number of amides is 1. The van der Waals surface area contributed by atoms with Crippen LogP contribution in [-0.4, -0.2) is 67.7 Å². The number of nitrogens with zero attached hydrogens (tertiary/aromatic N) is 2. The highest BCUT2D eigenvalue weighted by atomic mass is 32.2. The van der Waals surface area contributed by atoms with Crippen LogP contribution in [0.3, 0.4) is 0 Å². The smallest absolute Gasteiger partial charge is 0.241 e. The van der Waals surface area contributed by atoms with Gasteiger partial charge < -0.3 is 9.64 Å². The molecule has 3 rings (SSSR count). The van der Waals surface area contributed by atoms with Gasteiger partial charge in [-0.15, -0.1) is 0 Å². The largest absolute Gasteiger partial charge is 0.380 e. The Kier molecular flexibility index (Phi) is 4.24. The van der Waals surface area contributed by atoms with E-state index >= 15 is 0 Å². The molecule has 2 saturated carbocycles. The molecule has 0 aromatic heterocycles. The lowest BCUT2D eigenvalue weighted by Gasteiger charge is -2.34. The van der Waals surface area contributed by atoms with E-state index in [-0.39, 0.29) is 24.6 Å². The van der Waals surface area contributed by atoms with E-state index in [4.69, 9.17) is 4.74 Å². The van der Waals surface area contributed by atoms with Crippen LogP contribution in [0.5, 0.6) is 0 Å². The normalized spacial score (nSPS) is 31.2. The quantitative estimate of drug-likeness (QED) is 0.723. The Bertz CT molecular complexity index is 542. The fraction of sp³-hybridized carbons (Fsp3) is 0.933. The first-order valence-electron chi connectivity index (χ1n) is 8.14. The molecular weight excluding hydrogens is 304 g/mol. The first kappa shape index (κ1) is 16.2. The van der Waals surface area contributed by atoms with Crippen molar-refractivity contribution in [2.75, 3.05) is 19.9 Å². The molecule has 1 unspecified atom stereocenters. The van der Waals surface area contributed by atoms with Gasteiger partial charge in [-0.1, -0.05) is 0 Å². The van der Waals surface area contributed by atoms with Crippen LogP contribution >= 0.6 is 0 Å². The summed E-state index contributed by atoms with van der Waals surface area (Å²) in [5.74, 6) is 0.572. The zero-order valence-corrected chi connectivity index (χ0v) is 14.4. The van der Waals surface area contributed by atoms with E-state index in [0.717, 1.165) is 12.8 Å². The molecule has 126 valence electrons. The molecule has 0 bridgehead atoms. The molecule has 0 spiro atoms. The van der Waals surface area contributed by atoms with Crippen LogP contribution < -0.4 is 0 Å². The number of rotatable bonds is 6. The van der Waals surface area contributed by atoms with Gasteiger partial charge in [0.25, 0.3) is 0 Å². The molecule has 7 heteroatoms. The first-order chi connectivity index (χ1) is 10.3. The summed E-state index contributed by atoms with van der Waals surface area (Å²) in [6, 6.07) is -0.0594. The van der Waals surface area contributed by atoms with Gasteiger partial charge >= 0.3 is 0 Å². The van der Waals surface area contributed by atoms with Gasteiger partial charge in [0.1, 0.15) is 6.04 Å². The summed E-state index contributed by atoms with van der Waals surface area (Å²) >= 11 is 0. The van der Waals surface area contributed by atoms with Crippen LogP contribution in [-0.2, 0) is 19.6 Å². The second-order valence-electron chi connectivity index (χ2n) is 7.00. The second-order valence-corrected chi connectivity index (χ2v) is 8.93. The molecule has 0 aromatic rings. The number of methoxy groups -OCH3 is 1. The summed E-state index contributed by atoms with van der Waals surface area (Å²) in [4.78, 5) is 15.1. The van der Waals surface area contributed by atoms with Crippen LogP contribution in [0.25, 0.3) is 0 Å². The minimum atomic E-state index is -3.40. The molecule has 0 N–H and O–H groups in total. The molecular formula is C15H26N2O4S. The van der Waals surface area contributed by atoms with E-state index in [2.05, 4.69) is 6.92 Å². The zero-order chi connectivity index (χ0) is 16.1. The van der Waals surface area contributed by atoms with Crippen LogP contribution in [0.2, 0.25) is 0 Å². The van der Waals surface area contributed by atoms with Crippen molar-refractivity contribution in [1.29, 1.82) is 0 Å². The van der Waals surface area contributed by atoms with Gasteiger partial charge in [0.2, 0.25) is 15.9 Å². The predicted molar refractivity (Wildman–Crippen MR) is 82.8 cm³/mol. The Balaban J connectivity index is 1.81. The molecule has 3 aliphatic rings. The zero-order valence-electron chi connectivity index (χ0n) is 13.6. The summed E-state index contributed by atoms with van der Waals surface area (Å²) in [5.41, 5.74) is 0. The monoisotopic (exact) mass is 330 g/mol. The number of sulfonamides is 1. The second kappa shape index (κ2) is 5.76. The van der Waals surface area contributed by atoms with E-state index in [1.54, 1.807) is 7.11 Å². The van der Waals surface area contributed by atoms with E-state index < -0.39 is 16.1 Å². The molecule has 6 nitrogen and oxygen atoms in total. The third kappa shape index (κ3) is 3.16. The lowest BCUT2D eigenvalue weighted by Crippen LogP contribution is -2.51. The van der Waals surface area contributed by atoms with Gasteiger partial charge in [0.05, 0.1) is 12.4 Å². The number of ether oxygens (including phenoxy) is 1. The van der Waals surface area contributed by atoms with Crippen molar-refractivity contribution < 1.29 is 17.9 Å². The molecule has 3 fully saturated rings. The van der Waals surface area contributed by atoms with Gasteiger partial charge in [-0.3, -0.25) is 4.79 Å². The molecule has 3 atom stereocenters. The summed E-state index contributed by atoms with van der Waals surface area (Å²) in [6.07, 6.45) is 5.89.